The Labute approximate surface area is 152 Å². The van der Waals surface area contributed by atoms with Crippen LogP contribution in [0.25, 0.3) is 5.57 Å². The number of aromatic nitrogens is 3. The fourth-order valence-electron chi connectivity index (χ4n) is 2.99. The summed E-state index contributed by atoms with van der Waals surface area (Å²) < 4.78 is 7.36. The van der Waals surface area contributed by atoms with Crippen LogP contribution in [0.3, 0.4) is 0 Å². The summed E-state index contributed by atoms with van der Waals surface area (Å²) >= 11 is 0. The Morgan fingerprint density at radius 2 is 2.04 bits per heavy atom. The van der Waals surface area contributed by atoms with Gasteiger partial charge in [-0.15, -0.1) is 10.2 Å². The fourth-order valence-corrected chi connectivity index (χ4v) is 2.99. The van der Waals surface area contributed by atoms with Gasteiger partial charge in [-0.25, -0.2) is 0 Å². The normalized spacial score (nSPS) is 13.8. The van der Waals surface area contributed by atoms with Crippen LogP contribution in [0.15, 0.2) is 21.0 Å². The predicted octanol–water partition coefficient (Wildman–Crippen LogP) is 2.39. The van der Waals surface area contributed by atoms with Crippen LogP contribution < -0.4 is 5.56 Å². The van der Waals surface area contributed by atoms with Gasteiger partial charge in [0.1, 0.15) is 5.60 Å². The molecule has 0 spiro atoms. The third-order valence-electron chi connectivity index (χ3n) is 4.24. The standard InChI is InChI=1S/C20H23N3O3/c1-11(2)17-21-22-18(26-17)15-12(3)9-14-16(15)13(7-8-20(4,5)25)10-23(6)19(14)24/h10-11,25H,9H2,1-6H3. The van der Waals surface area contributed by atoms with Crippen molar-refractivity contribution in [3.63, 3.8) is 0 Å². The lowest BCUT2D eigenvalue weighted by molar-refractivity contribution is 0.143. The highest BCUT2D eigenvalue weighted by atomic mass is 16.4. The molecule has 0 aromatic carbocycles. The first kappa shape index (κ1) is 18.2. The summed E-state index contributed by atoms with van der Waals surface area (Å²) in [4.78, 5) is 12.6. The number of fused-ring (bicyclic) bond motifs is 1. The Bertz CT molecular complexity index is 1020. The van der Waals surface area contributed by atoms with Gasteiger partial charge >= 0.3 is 0 Å². The van der Waals surface area contributed by atoms with Gasteiger partial charge in [-0.2, -0.15) is 0 Å². The summed E-state index contributed by atoms with van der Waals surface area (Å²) in [6.45, 7) is 9.17. The van der Waals surface area contributed by atoms with E-state index in [1.165, 1.54) is 4.57 Å². The van der Waals surface area contributed by atoms with Crippen LogP contribution in [0.5, 0.6) is 0 Å². The second kappa shape index (κ2) is 6.26. The summed E-state index contributed by atoms with van der Waals surface area (Å²) in [6, 6.07) is 0. The van der Waals surface area contributed by atoms with E-state index in [1.807, 2.05) is 20.8 Å². The molecule has 0 amide bonds. The van der Waals surface area contributed by atoms with Gasteiger partial charge in [0, 0.05) is 47.8 Å². The molecule has 2 aromatic heterocycles. The summed E-state index contributed by atoms with van der Waals surface area (Å²) in [5.41, 5.74) is 2.65. The van der Waals surface area contributed by atoms with Crippen molar-refractivity contribution < 1.29 is 9.52 Å². The number of pyridine rings is 1. The molecule has 0 atom stereocenters. The summed E-state index contributed by atoms with van der Waals surface area (Å²) in [5, 5.41) is 18.3. The van der Waals surface area contributed by atoms with Crippen LogP contribution in [0, 0.1) is 11.8 Å². The number of hydrogen-bond acceptors (Lipinski definition) is 5. The zero-order valence-electron chi connectivity index (χ0n) is 16.0. The topological polar surface area (TPSA) is 81.2 Å². The Morgan fingerprint density at radius 3 is 2.62 bits per heavy atom. The number of rotatable bonds is 2. The predicted molar refractivity (Wildman–Crippen MR) is 98.6 cm³/mol. The van der Waals surface area contributed by atoms with E-state index in [0.717, 1.165) is 16.7 Å². The Kier molecular flexibility index (Phi) is 4.37. The highest BCUT2D eigenvalue weighted by Gasteiger charge is 2.30. The lowest BCUT2D eigenvalue weighted by Crippen LogP contribution is -2.22. The molecule has 2 aromatic rings. The van der Waals surface area contributed by atoms with Gasteiger partial charge in [0.2, 0.25) is 11.8 Å². The molecule has 136 valence electrons. The zero-order valence-corrected chi connectivity index (χ0v) is 16.0. The molecule has 26 heavy (non-hydrogen) atoms. The molecule has 1 aliphatic rings. The molecule has 0 radical (unpaired) electrons. The lowest BCUT2D eigenvalue weighted by Gasteiger charge is -2.10. The van der Waals surface area contributed by atoms with E-state index in [9.17, 15) is 9.90 Å². The van der Waals surface area contributed by atoms with Crippen molar-refractivity contribution in [1.29, 1.82) is 0 Å². The van der Waals surface area contributed by atoms with E-state index in [-0.39, 0.29) is 11.5 Å². The molecular weight excluding hydrogens is 330 g/mol. The minimum Gasteiger partial charge on any atom is -0.420 e. The Morgan fingerprint density at radius 1 is 1.35 bits per heavy atom. The molecular formula is C20H23N3O3. The fraction of sp³-hybridized carbons (Fsp3) is 0.450. The number of nitrogens with zero attached hydrogens (tertiary/aromatic N) is 3. The molecule has 6 nitrogen and oxygen atoms in total. The second-order valence-corrected chi connectivity index (χ2v) is 7.55. The van der Waals surface area contributed by atoms with E-state index in [4.69, 9.17) is 4.42 Å². The van der Waals surface area contributed by atoms with E-state index >= 15 is 0 Å². The van der Waals surface area contributed by atoms with Gasteiger partial charge in [-0.1, -0.05) is 31.3 Å². The SMILES string of the molecule is CC1=C(c2nnc(C(C)C)o2)c2c(C#CC(C)(C)O)cn(C)c(=O)c2C1. The van der Waals surface area contributed by atoms with Crippen LogP contribution in [0.2, 0.25) is 0 Å². The maximum absolute atomic E-state index is 12.6. The van der Waals surface area contributed by atoms with Crippen LogP contribution >= 0.6 is 0 Å². The molecule has 3 rings (SSSR count). The number of aryl methyl sites for hydroxylation is 1. The van der Waals surface area contributed by atoms with Gasteiger partial charge in [0.15, 0.2) is 0 Å². The summed E-state index contributed by atoms with van der Waals surface area (Å²) in [5.74, 6) is 6.93. The molecule has 0 unspecified atom stereocenters. The molecule has 0 saturated carbocycles. The van der Waals surface area contributed by atoms with E-state index in [1.54, 1.807) is 27.1 Å². The minimum absolute atomic E-state index is 0.0632. The van der Waals surface area contributed by atoms with Crippen molar-refractivity contribution in [3.05, 3.63) is 50.6 Å². The minimum atomic E-state index is -1.13. The van der Waals surface area contributed by atoms with Crippen molar-refractivity contribution in [2.24, 2.45) is 7.05 Å². The van der Waals surface area contributed by atoms with E-state index in [2.05, 4.69) is 22.0 Å². The van der Waals surface area contributed by atoms with Crippen LogP contribution in [-0.2, 0) is 13.5 Å². The first-order valence-corrected chi connectivity index (χ1v) is 8.60. The Balaban J connectivity index is 2.24. The molecule has 0 aliphatic heterocycles. The zero-order chi connectivity index (χ0) is 19.2. The number of allylic oxidation sites excluding steroid dienone is 1. The maximum atomic E-state index is 12.6. The quantitative estimate of drug-likeness (QED) is 0.839. The monoisotopic (exact) mass is 353 g/mol. The lowest BCUT2D eigenvalue weighted by atomic mass is 10.00. The van der Waals surface area contributed by atoms with Gasteiger partial charge in [-0.3, -0.25) is 4.79 Å². The van der Waals surface area contributed by atoms with E-state index in [0.29, 0.717) is 29.3 Å². The molecule has 1 aliphatic carbocycles. The highest BCUT2D eigenvalue weighted by molar-refractivity contribution is 5.86. The van der Waals surface area contributed by atoms with Crippen molar-refractivity contribution in [2.45, 2.75) is 52.6 Å². The van der Waals surface area contributed by atoms with Gasteiger partial charge in [-0.05, 0) is 20.8 Å². The molecule has 0 bridgehead atoms. The molecule has 0 fully saturated rings. The first-order chi connectivity index (χ1) is 12.1. The van der Waals surface area contributed by atoms with Gasteiger partial charge < -0.3 is 14.1 Å². The van der Waals surface area contributed by atoms with E-state index < -0.39 is 5.60 Å². The van der Waals surface area contributed by atoms with Crippen LogP contribution in [-0.4, -0.2) is 25.5 Å². The van der Waals surface area contributed by atoms with Crippen molar-refractivity contribution in [1.82, 2.24) is 14.8 Å². The smallest absolute Gasteiger partial charge is 0.254 e. The van der Waals surface area contributed by atoms with Crippen molar-refractivity contribution in [3.8, 4) is 11.8 Å². The average Bonchev–Trinajstić information content (AvgIpc) is 3.13. The highest BCUT2D eigenvalue weighted by Crippen LogP contribution is 2.37. The first-order valence-electron chi connectivity index (χ1n) is 8.60. The number of hydrogen-bond donors (Lipinski definition) is 1. The van der Waals surface area contributed by atoms with Gasteiger partial charge in [0.05, 0.1) is 0 Å². The Hall–Kier alpha value is -2.65. The largest absolute Gasteiger partial charge is 0.420 e. The van der Waals surface area contributed by atoms with Gasteiger partial charge in [0.25, 0.3) is 5.56 Å². The third-order valence-corrected chi connectivity index (χ3v) is 4.24. The second-order valence-electron chi connectivity index (χ2n) is 7.55. The molecule has 1 N–H and O–H groups in total. The summed E-state index contributed by atoms with van der Waals surface area (Å²) in [7, 11) is 1.70. The molecule has 6 heteroatoms. The average molecular weight is 353 g/mol. The summed E-state index contributed by atoms with van der Waals surface area (Å²) in [6.07, 6.45) is 2.22. The van der Waals surface area contributed by atoms with Crippen LogP contribution in [0.1, 0.15) is 69.0 Å². The third kappa shape index (κ3) is 3.23. The van der Waals surface area contributed by atoms with Crippen LogP contribution in [0.4, 0.5) is 0 Å². The van der Waals surface area contributed by atoms with Crippen molar-refractivity contribution >= 4 is 5.57 Å². The maximum Gasteiger partial charge on any atom is 0.254 e. The van der Waals surface area contributed by atoms with Crippen molar-refractivity contribution in [2.75, 3.05) is 0 Å². The number of aliphatic hydroxyl groups is 1. The molecule has 2 heterocycles. The molecule has 0 saturated heterocycles.